The Balaban J connectivity index is 3.03. The summed E-state index contributed by atoms with van der Waals surface area (Å²) in [6.07, 6.45) is 1.55. The smallest absolute Gasteiger partial charge is 0.157 e. The SMILES string of the molecule is CCNC(=S)/C(C#N)=C\c1ccc(O)c(O)c1. The second-order valence-corrected chi connectivity index (χ2v) is 3.69. The Labute approximate surface area is 105 Å². The molecule has 5 heteroatoms. The van der Waals surface area contributed by atoms with Crippen LogP contribution in [0.1, 0.15) is 12.5 Å². The molecule has 1 aromatic rings. The predicted octanol–water partition coefficient (Wildman–Crippen LogP) is 1.94. The highest BCUT2D eigenvalue weighted by Crippen LogP contribution is 2.25. The van der Waals surface area contributed by atoms with E-state index in [0.29, 0.717) is 22.7 Å². The van der Waals surface area contributed by atoms with Gasteiger partial charge >= 0.3 is 0 Å². The molecule has 0 aliphatic rings. The van der Waals surface area contributed by atoms with Gasteiger partial charge in [0.05, 0.1) is 5.57 Å². The first kappa shape index (κ1) is 13.0. The Morgan fingerprint density at radius 1 is 1.47 bits per heavy atom. The predicted molar refractivity (Wildman–Crippen MR) is 69.6 cm³/mol. The normalized spacial score (nSPS) is 10.7. The fourth-order valence-electron chi connectivity index (χ4n) is 1.20. The second kappa shape index (κ2) is 5.87. The molecule has 88 valence electrons. The molecule has 1 rings (SSSR count). The minimum atomic E-state index is -0.231. The molecule has 0 heterocycles. The van der Waals surface area contributed by atoms with Crippen molar-refractivity contribution in [2.24, 2.45) is 0 Å². The molecule has 4 nitrogen and oxygen atoms in total. The summed E-state index contributed by atoms with van der Waals surface area (Å²) < 4.78 is 0. The van der Waals surface area contributed by atoms with Crippen LogP contribution >= 0.6 is 12.2 Å². The van der Waals surface area contributed by atoms with E-state index in [4.69, 9.17) is 22.6 Å². The van der Waals surface area contributed by atoms with Gasteiger partial charge in [0.2, 0.25) is 0 Å². The number of benzene rings is 1. The Hall–Kier alpha value is -2.06. The molecule has 0 aliphatic heterocycles. The molecule has 0 spiro atoms. The number of hydrogen-bond donors (Lipinski definition) is 3. The molecule has 0 aromatic heterocycles. The number of nitrogens with zero attached hydrogens (tertiary/aromatic N) is 1. The lowest BCUT2D eigenvalue weighted by Crippen LogP contribution is -2.21. The monoisotopic (exact) mass is 248 g/mol. The summed E-state index contributed by atoms with van der Waals surface area (Å²) >= 11 is 5.02. The molecule has 17 heavy (non-hydrogen) atoms. The zero-order valence-electron chi connectivity index (χ0n) is 9.27. The van der Waals surface area contributed by atoms with E-state index in [1.165, 1.54) is 12.1 Å². The van der Waals surface area contributed by atoms with Gasteiger partial charge in [-0.1, -0.05) is 18.3 Å². The van der Waals surface area contributed by atoms with Crippen LogP contribution in [0.3, 0.4) is 0 Å². The summed E-state index contributed by atoms with van der Waals surface area (Å²) in [4.78, 5) is 0.363. The topological polar surface area (TPSA) is 76.3 Å². The van der Waals surface area contributed by atoms with Gasteiger partial charge in [0.15, 0.2) is 11.5 Å². The molecule has 0 atom stereocenters. The Morgan fingerprint density at radius 3 is 2.71 bits per heavy atom. The number of likely N-dealkylation sites (N-methyl/N-ethyl adjacent to an activating group) is 1. The molecule has 0 bridgehead atoms. The molecular formula is C12H12N2O2S. The van der Waals surface area contributed by atoms with Gasteiger partial charge < -0.3 is 15.5 Å². The summed E-state index contributed by atoms with van der Waals surface area (Å²) in [7, 11) is 0. The maximum atomic E-state index is 9.32. The zero-order chi connectivity index (χ0) is 12.8. The van der Waals surface area contributed by atoms with Crippen molar-refractivity contribution in [2.45, 2.75) is 6.92 Å². The van der Waals surface area contributed by atoms with E-state index in [1.807, 2.05) is 13.0 Å². The lowest BCUT2D eigenvalue weighted by Gasteiger charge is -2.04. The van der Waals surface area contributed by atoms with Crippen molar-refractivity contribution in [1.29, 1.82) is 5.26 Å². The van der Waals surface area contributed by atoms with Crippen molar-refractivity contribution in [3.63, 3.8) is 0 Å². The average Bonchev–Trinajstić information content (AvgIpc) is 2.30. The lowest BCUT2D eigenvalue weighted by molar-refractivity contribution is 0.403. The molecular weight excluding hydrogens is 236 g/mol. The molecule has 0 saturated heterocycles. The second-order valence-electron chi connectivity index (χ2n) is 3.28. The molecule has 0 amide bonds. The Kier molecular flexibility index (Phi) is 4.49. The number of hydrogen-bond acceptors (Lipinski definition) is 4. The van der Waals surface area contributed by atoms with Crippen molar-refractivity contribution in [3.8, 4) is 17.6 Å². The third-order valence-corrected chi connectivity index (χ3v) is 2.38. The maximum absolute atomic E-state index is 9.32. The maximum Gasteiger partial charge on any atom is 0.157 e. The van der Waals surface area contributed by atoms with Gasteiger partial charge in [-0.2, -0.15) is 5.26 Å². The van der Waals surface area contributed by atoms with Gasteiger partial charge in [0.25, 0.3) is 0 Å². The molecule has 0 fully saturated rings. The number of nitrogens with one attached hydrogen (secondary N) is 1. The van der Waals surface area contributed by atoms with E-state index in [9.17, 15) is 5.11 Å². The minimum absolute atomic E-state index is 0.199. The van der Waals surface area contributed by atoms with Crippen LogP contribution in [0.2, 0.25) is 0 Å². The summed E-state index contributed by atoms with van der Waals surface area (Å²) in [6, 6.07) is 6.28. The van der Waals surface area contributed by atoms with Crippen molar-refractivity contribution in [1.82, 2.24) is 5.32 Å². The van der Waals surface area contributed by atoms with Crippen LogP contribution in [0.4, 0.5) is 0 Å². The summed E-state index contributed by atoms with van der Waals surface area (Å²) in [6.45, 7) is 2.52. The number of rotatable bonds is 3. The van der Waals surface area contributed by atoms with Crippen LogP contribution < -0.4 is 5.32 Å². The molecule has 1 aromatic carbocycles. The highest BCUT2D eigenvalue weighted by Gasteiger charge is 2.04. The van der Waals surface area contributed by atoms with E-state index in [1.54, 1.807) is 12.1 Å². The lowest BCUT2D eigenvalue weighted by atomic mass is 10.1. The van der Waals surface area contributed by atoms with Gasteiger partial charge in [-0.05, 0) is 30.7 Å². The van der Waals surface area contributed by atoms with E-state index < -0.39 is 0 Å². The molecule has 0 saturated carbocycles. The van der Waals surface area contributed by atoms with Gasteiger partial charge in [-0.3, -0.25) is 0 Å². The number of phenolic OH excluding ortho intramolecular Hbond substituents is 2. The highest BCUT2D eigenvalue weighted by molar-refractivity contribution is 7.80. The molecule has 0 radical (unpaired) electrons. The Morgan fingerprint density at radius 2 is 2.18 bits per heavy atom. The fourth-order valence-corrected chi connectivity index (χ4v) is 1.45. The van der Waals surface area contributed by atoms with Crippen molar-refractivity contribution < 1.29 is 10.2 Å². The first-order valence-corrected chi connectivity index (χ1v) is 5.41. The summed E-state index contributed by atoms with van der Waals surface area (Å²) in [5.74, 6) is -0.430. The molecule has 3 N–H and O–H groups in total. The highest BCUT2D eigenvalue weighted by atomic mass is 32.1. The van der Waals surface area contributed by atoms with Crippen molar-refractivity contribution in [2.75, 3.05) is 6.54 Å². The average molecular weight is 248 g/mol. The fraction of sp³-hybridized carbons (Fsp3) is 0.167. The summed E-state index contributed by atoms with van der Waals surface area (Å²) in [5.41, 5.74) is 0.907. The van der Waals surface area contributed by atoms with E-state index in [0.717, 1.165) is 0 Å². The largest absolute Gasteiger partial charge is 0.504 e. The van der Waals surface area contributed by atoms with Gasteiger partial charge in [0, 0.05) is 6.54 Å². The number of thiocarbonyl (C=S) groups is 1. The third kappa shape index (κ3) is 3.47. The van der Waals surface area contributed by atoms with Crippen molar-refractivity contribution >= 4 is 23.3 Å². The molecule has 0 aliphatic carbocycles. The standard InChI is InChI=1S/C12H12N2O2S/c1-2-14-12(17)9(7-13)5-8-3-4-10(15)11(16)6-8/h3-6,15-16H,2H2,1H3,(H,14,17)/b9-5-. The van der Waals surface area contributed by atoms with Gasteiger partial charge in [-0.15, -0.1) is 0 Å². The quantitative estimate of drug-likeness (QED) is 0.330. The Bertz CT molecular complexity index is 504. The van der Waals surface area contributed by atoms with Crippen LogP contribution in [0, 0.1) is 11.3 Å². The zero-order valence-corrected chi connectivity index (χ0v) is 10.1. The van der Waals surface area contributed by atoms with Crippen LogP contribution in [0.5, 0.6) is 11.5 Å². The minimum Gasteiger partial charge on any atom is -0.504 e. The van der Waals surface area contributed by atoms with Crippen LogP contribution in [-0.4, -0.2) is 21.7 Å². The number of phenols is 2. The summed E-state index contributed by atoms with van der Waals surface area (Å²) in [5, 5.41) is 30.3. The van der Waals surface area contributed by atoms with Gasteiger partial charge in [-0.25, -0.2) is 0 Å². The van der Waals surface area contributed by atoms with E-state index in [-0.39, 0.29) is 11.5 Å². The first-order valence-electron chi connectivity index (χ1n) is 5.00. The molecule has 0 unspecified atom stereocenters. The van der Waals surface area contributed by atoms with E-state index in [2.05, 4.69) is 5.32 Å². The van der Waals surface area contributed by atoms with Crippen LogP contribution in [0.25, 0.3) is 6.08 Å². The first-order chi connectivity index (χ1) is 8.08. The number of aromatic hydroxyl groups is 2. The van der Waals surface area contributed by atoms with Crippen molar-refractivity contribution in [3.05, 3.63) is 29.3 Å². The van der Waals surface area contributed by atoms with Crippen LogP contribution in [0.15, 0.2) is 23.8 Å². The van der Waals surface area contributed by atoms with Gasteiger partial charge in [0.1, 0.15) is 11.1 Å². The third-order valence-electron chi connectivity index (χ3n) is 2.01. The van der Waals surface area contributed by atoms with E-state index >= 15 is 0 Å². The number of nitriles is 1. The van der Waals surface area contributed by atoms with Crippen LogP contribution in [-0.2, 0) is 0 Å².